The summed E-state index contributed by atoms with van der Waals surface area (Å²) in [5, 5.41) is 1.81. The van der Waals surface area contributed by atoms with E-state index in [9.17, 15) is 0 Å². The number of benzene rings is 2. The van der Waals surface area contributed by atoms with Gasteiger partial charge in [0.15, 0.2) is 0 Å². The topological polar surface area (TPSA) is 31.0 Å². The Morgan fingerprint density at radius 2 is 1.83 bits per heavy atom. The Hall–Kier alpha value is -2.23. The molecule has 3 nitrogen and oxygen atoms in total. The lowest BCUT2D eigenvalue weighted by molar-refractivity contribution is 0.488. The summed E-state index contributed by atoms with van der Waals surface area (Å²) in [6.07, 6.45) is 5.50. The summed E-state index contributed by atoms with van der Waals surface area (Å²) >= 11 is 6.01. The summed E-state index contributed by atoms with van der Waals surface area (Å²) in [5.74, 6) is 0.876. The van der Waals surface area contributed by atoms with Crippen molar-refractivity contribution in [1.82, 2.24) is 9.55 Å². The van der Waals surface area contributed by atoms with E-state index in [1.165, 1.54) is 0 Å². The second-order valence-corrected chi connectivity index (χ2v) is 5.59. The Balaban J connectivity index is 0.00000156. The van der Waals surface area contributed by atoms with Gasteiger partial charge in [0.25, 0.3) is 0 Å². The number of aromatic nitrogens is 2. The van der Waals surface area contributed by atoms with Gasteiger partial charge >= 0.3 is 0 Å². The molecule has 2 aromatic carbocycles. The molecule has 0 aliphatic heterocycles. The van der Waals surface area contributed by atoms with Crippen molar-refractivity contribution in [3.8, 4) is 0 Å². The van der Waals surface area contributed by atoms with Crippen LogP contribution < -0.4 is 0 Å². The second kappa shape index (κ2) is 6.49. The van der Waals surface area contributed by atoms with Crippen molar-refractivity contribution in [2.24, 2.45) is 0 Å². The highest BCUT2D eigenvalue weighted by Gasteiger charge is 2.20. The van der Waals surface area contributed by atoms with Crippen LogP contribution in [-0.4, -0.2) is 9.55 Å². The minimum Gasteiger partial charge on any atom is -0.458 e. The van der Waals surface area contributed by atoms with Crippen LogP contribution in [0.2, 0.25) is 5.02 Å². The SMILES string of the molecule is Cl.Clc1ccc(C(c2cc3ccccc3o2)n2ccnc2)cc1. The quantitative estimate of drug-likeness (QED) is 0.502. The van der Waals surface area contributed by atoms with Crippen LogP contribution in [0.3, 0.4) is 0 Å². The van der Waals surface area contributed by atoms with Gasteiger partial charge in [0.05, 0.1) is 6.33 Å². The predicted molar refractivity (Wildman–Crippen MR) is 94.4 cm³/mol. The Morgan fingerprint density at radius 3 is 2.52 bits per heavy atom. The monoisotopic (exact) mass is 344 g/mol. The summed E-state index contributed by atoms with van der Waals surface area (Å²) in [6.45, 7) is 0. The molecule has 1 unspecified atom stereocenters. The fourth-order valence-electron chi connectivity index (χ4n) is 2.69. The van der Waals surface area contributed by atoms with E-state index in [1.807, 2.05) is 53.2 Å². The first-order valence-electron chi connectivity index (χ1n) is 7.02. The summed E-state index contributed by atoms with van der Waals surface area (Å²) in [6, 6.07) is 17.8. The van der Waals surface area contributed by atoms with Gasteiger partial charge in [-0.25, -0.2) is 4.98 Å². The van der Waals surface area contributed by atoms with Gasteiger partial charge in [0, 0.05) is 22.8 Å². The summed E-state index contributed by atoms with van der Waals surface area (Å²) in [5.41, 5.74) is 1.98. The first-order valence-corrected chi connectivity index (χ1v) is 7.40. The van der Waals surface area contributed by atoms with Crippen LogP contribution in [0.5, 0.6) is 0 Å². The van der Waals surface area contributed by atoms with Crippen LogP contribution in [0.25, 0.3) is 11.0 Å². The molecule has 0 radical (unpaired) electrons. The number of fused-ring (bicyclic) bond motifs is 1. The molecule has 0 aliphatic carbocycles. The van der Waals surface area contributed by atoms with Gasteiger partial charge in [0.1, 0.15) is 17.4 Å². The van der Waals surface area contributed by atoms with E-state index in [0.717, 1.165) is 27.3 Å². The van der Waals surface area contributed by atoms with Crippen LogP contribution in [0.15, 0.2) is 77.7 Å². The van der Waals surface area contributed by atoms with Crippen LogP contribution in [0.1, 0.15) is 17.4 Å². The first-order chi connectivity index (χ1) is 10.8. The molecule has 0 spiro atoms. The normalized spacial score (nSPS) is 12.0. The minimum atomic E-state index is -0.0628. The summed E-state index contributed by atoms with van der Waals surface area (Å²) in [7, 11) is 0. The van der Waals surface area contributed by atoms with E-state index in [-0.39, 0.29) is 18.4 Å². The number of para-hydroxylation sites is 1. The van der Waals surface area contributed by atoms with E-state index in [1.54, 1.807) is 12.5 Å². The van der Waals surface area contributed by atoms with Crippen LogP contribution in [-0.2, 0) is 0 Å². The Kier molecular flexibility index (Phi) is 4.42. The molecule has 116 valence electrons. The summed E-state index contributed by atoms with van der Waals surface area (Å²) in [4.78, 5) is 4.16. The van der Waals surface area contributed by atoms with E-state index in [0.29, 0.717) is 0 Å². The van der Waals surface area contributed by atoms with Crippen molar-refractivity contribution >= 4 is 35.0 Å². The van der Waals surface area contributed by atoms with Crippen molar-refractivity contribution in [3.63, 3.8) is 0 Å². The molecule has 0 fully saturated rings. The number of hydrogen-bond acceptors (Lipinski definition) is 2. The molecule has 0 bridgehead atoms. The van der Waals surface area contributed by atoms with E-state index >= 15 is 0 Å². The third-order valence-electron chi connectivity index (χ3n) is 3.72. The maximum atomic E-state index is 6.06. The number of hydrogen-bond donors (Lipinski definition) is 0. The van der Waals surface area contributed by atoms with Crippen LogP contribution in [0.4, 0.5) is 0 Å². The fraction of sp³-hybridized carbons (Fsp3) is 0.0556. The maximum Gasteiger partial charge on any atom is 0.134 e. The van der Waals surface area contributed by atoms with Gasteiger partial charge in [0.2, 0.25) is 0 Å². The van der Waals surface area contributed by atoms with Gasteiger partial charge in [-0.2, -0.15) is 0 Å². The highest BCUT2D eigenvalue weighted by molar-refractivity contribution is 6.30. The third-order valence-corrected chi connectivity index (χ3v) is 3.97. The van der Waals surface area contributed by atoms with E-state index in [4.69, 9.17) is 16.0 Å². The number of halogens is 2. The molecule has 2 aromatic heterocycles. The molecule has 4 rings (SSSR count). The molecule has 0 saturated heterocycles. The lowest BCUT2D eigenvalue weighted by Gasteiger charge is -2.16. The highest BCUT2D eigenvalue weighted by Crippen LogP contribution is 2.31. The molecule has 4 aromatic rings. The first kappa shape index (κ1) is 15.7. The molecule has 0 amide bonds. The van der Waals surface area contributed by atoms with Crippen molar-refractivity contribution in [2.45, 2.75) is 6.04 Å². The number of rotatable bonds is 3. The average Bonchev–Trinajstić information content (AvgIpc) is 3.19. The van der Waals surface area contributed by atoms with Crippen molar-refractivity contribution in [1.29, 1.82) is 0 Å². The Bertz CT molecular complexity index is 865. The van der Waals surface area contributed by atoms with Crippen molar-refractivity contribution in [3.05, 3.63) is 89.7 Å². The van der Waals surface area contributed by atoms with Gasteiger partial charge in [-0.1, -0.05) is 41.9 Å². The smallest absolute Gasteiger partial charge is 0.134 e. The zero-order valence-electron chi connectivity index (χ0n) is 12.1. The molecule has 0 aliphatic rings. The third kappa shape index (κ3) is 2.98. The van der Waals surface area contributed by atoms with Gasteiger partial charge in [-0.15, -0.1) is 12.4 Å². The number of imidazole rings is 1. The van der Waals surface area contributed by atoms with Gasteiger partial charge < -0.3 is 8.98 Å². The van der Waals surface area contributed by atoms with Crippen LogP contribution in [0, 0.1) is 0 Å². The molecule has 23 heavy (non-hydrogen) atoms. The fourth-order valence-corrected chi connectivity index (χ4v) is 2.81. The largest absolute Gasteiger partial charge is 0.458 e. The van der Waals surface area contributed by atoms with Crippen molar-refractivity contribution in [2.75, 3.05) is 0 Å². The zero-order valence-corrected chi connectivity index (χ0v) is 13.7. The Labute approximate surface area is 144 Å². The van der Waals surface area contributed by atoms with E-state index < -0.39 is 0 Å². The average molecular weight is 345 g/mol. The minimum absolute atomic E-state index is 0. The number of nitrogens with zero attached hydrogens (tertiary/aromatic N) is 2. The molecule has 5 heteroatoms. The van der Waals surface area contributed by atoms with Crippen LogP contribution >= 0.6 is 24.0 Å². The van der Waals surface area contributed by atoms with Gasteiger partial charge in [-0.3, -0.25) is 0 Å². The standard InChI is InChI=1S/C18H13ClN2O.ClH/c19-15-7-5-13(6-8-15)18(21-10-9-20-12-21)17-11-14-3-1-2-4-16(14)22-17;/h1-12,18H;1H. The van der Waals surface area contributed by atoms with E-state index in [2.05, 4.69) is 17.1 Å². The molecule has 0 saturated carbocycles. The Morgan fingerprint density at radius 1 is 1.04 bits per heavy atom. The number of furan rings is 1. The zero-order chi connectivity index (χ0) is 14.9. The summed E-state index contributed by atoms with van der Waals surface area (Å²) < 4.78 is 8.09. The van der Waals surface area contributed by atoms with Gasteiger partial charge in [-0.05, 0) is 29.8 Å². The lowest BCUT2D eigenvalue weighted by atomic mass is 10.0. The molecule has 1 atom stereocenters. The maximum absolute atomic E-state index is 6.06. The highest BCUT2D eigenvalue weighted by atomic mass is 35.5. The second-order valence-electron chi connectivity index (χ2n) is 5.15. The van der Waals surface area contributed by atoms with Crippen molar-refractivity contribution < 1.29 is 4.42 Å². The molecular weight excluding hydrogens is 331 g/mol. The lowest BCUT2D eigenvalue weighted by Crippen LogP contribution is -2.09. The molecule has 0 N–H and O–H groups in total. The molecule has 2 heterocycles. The molecular formula is C18H14Cl2N2O. The predicted octanol–water partition coefficient (Wildman–Crippen LogP) is 5.34.